The van der Waals surface area contributed by atoms with Crippen molar-refractivity contribution >= 4 is 22.4 Å². The number of benzene rings is 1. The van der Waals surface area contributed by atoms with Crippen LogP contribution in [0.25, 0.3) is 10.9 Å². The summed E-state index contributed by atoms with van der Waals surface area (Å²) in [5.74, 6) is 0.881. The molecule has 1 fully saturated rings. The van der Waals surface area contributed by atoms with Gasteiger partial charge >= 0.3 is 0 Å². The van der Waals surface area contributed by atoms with Crippen LogP contribution in [0.3, 0.4) is 0 Å². The first-order valence-corrected chi connectivity index (χ1v) is 11.2. The Hall–Kier alpha value is -3.45. The predicted molar refractivity (Wildman–Crippen MR) is 136 cm³/mol. The number of hydrogen-bond acceptors (Lipinski definition) is 4. The number of rotatable bonds is 6. The summed E-state index contributed by atoms with van der Waals surface area (Å²) in [5.41, 5.74) is 6.97. The van der Waals surface area contributed by atoms with Gasteiger partial charge in [-0.25, -0.2) is 4.98 Å². The van der Waals surface area contributed by atoms with E-state index in [1.165, 1.54) is 6.42 Å². The molecule has 0 N–H and O–H groups in total. The SMILES string of the molecule is C=C/C(C(=C)C)=C(\C=C/C)N=C(C)c1ccc(C)c2c(C#N)cc(N3CCCCC3)nc12. The molecule has 0 amide bonds. The topological polar surface area (TPSA) is 52.3 Å². The van der Waals surface area contributed by atoms with Gasteiger partial charge in [0.05, 0.1) is 22.8 Å². The molecular formula is C28H32N4. The Kier molecular flexibility index (Phi) is 7.43. The van der Waals surface area contributed by atoms with Gasteiger partial charge in [-0.1, -0.05) is 37.4 Å². The summed E-state index contributed by atoms with van der Waals surface area (Å²) in [4.78, 5) is 12.3. The van der Waals surface area contributed by atoms with Crippen molar-refractivity contribution in [3.8, 4) is 6.07 Å². The molecule has 0 bridgehead atoms. The van der Waals surface area contributed by atoms with Crippen LogP contribution in [0, 0.1) is 18.3 Å². The third kappa shape index (κ3) is 4.73. The molecule has 0 saturated carbocycles. The van der Waals surface area contributed by atoms with Crippen LogP contribution in [-0.2, 0) is 0 Å². The number of nitrogens with zero attached hydrogens (tertiary/aromatic N) is 4. The maximum atomic E-state index is 9.93. The Balaban J connectivity index is 2.27. The zero-order valence-corrected chi connectivity index (χ0v) is 19.7. The van der Waals surface area contributed by atoms with Crippen LogP contribution in [-0.4, -0.2) is 23.8 Å². The van der Waals surface area contributed by atoms with E-state index in [9.17, 15) is 5.26 Å². The highest BCUT2D eigenvalue weighted by molar-refractivity contribution is 6.10. The van der Waals surface area contributed by atoms with Crippen LogP contribution in [0.2, 0.25) is 0 Å². The highest BCUT2D eigenvalue weighted by atomic mass is 15.2. The Morgan fingerprint density at radius 1 is 1.22 bits per heavy atom. The standard InChI is InChI=1S/C28H32N4/c1-7-12-25(23(8-2)19(3)4)30-21(6)24-14-13-20(5)27-22(18-29)17-26(31-28(24)27)32-15-10-9-11-16-32/h7-8,12-14,17H,2-3,9-11,15-16H2,1,4-6H3/b12-7-,25-23-,30-21?. The number of aliphatic imine (C=N–C) groups is 1. The van der Waals surface area contributed by atoms with Crippen LogP contribution in [0.5, 0.6) is 0 Å². The summed E-state index contributed by atoms with van der Waals surface area (Å²) in [6.07, 6.45) is 9.30. The van der Waals surface area contributed by atoms with Crippen molar-refractivity contribution < 1.29 is 0 Å². The summed E-state index contributed by atoms with van der Waals surface area (Å²) in [6.45, 7) is 17.9. The fraction of sp³-hybridized carbons (Fsp3) is 0.321. The second kappa shape index (κ2) is 10.2. The van der Waals surface area contributed by atoms with Crippen LogP contribution in [0.4, 0.5) is 5.82 Å². The van der Waals surface area contributed by atoms with Gasteiger partial charge in [-0.2, -0.15) is 5.26 Å². The number of fused-ring (bicyclic) bond motifs is 1. The molecule has 32 heavy (non-hydrogen) atoms. The molecule has 0 unspecified atom stereocenters. The molecule has 1 aliphatic heterocycles. The zero-order chi connectivity index (χ0) is 23.3. The van der Waals surface area contributed by atoms with Gasteiger partial charge in [-0.05, 0) is 70.2 Å². The van der Waals surface area contributed by atoms with Crippen molar-refractivity contribution in [2.75, 3.05) is 18.0 Å². The summed E-state index contributed by atoms with van der Waals surface area (Å²) in [6, 6.07) is 8.46. The molecular weight excluding hydrogens is 392 g/mol. The molecule has 3 rings (SSSR count). The molecule has 164 valence electrons. The van der Waals surface area contributed by atoms with Gasteiger partial charge in [0.15, 0.2) is 0 Å². The molecule has 2 heterocycles. The molecule has 0 atom stereocenters. The van der Waals surface area contributed by atoms with Gasteiger partial charge in [-0.15, -0.1) is 0 Å². The summed E-state index contributed by atoms with van der Waals surface area (Å²) >= 11 is 0. The lowest BCUT2D eigenvalue weighted by molar-refractivity contribution is 0.574. The lowest BCUT2D eigenvalue weighted by atomic mass is 9.98. The first-order valence-electron chi connectivity index (χ1n) is 11.2. The first-order chi connectivity index (χ1) is 15.4. The third-order valence-electron chi connectivity index (χ3n) is 5.90. The molecule has 4 heteroatoms. The second-order valence-electron chi connectivity index (χ2n) is 8.32. The van der Waals surface area contributed by atoms with E-state index in [4.69, 9.17) is 9.98 Å². The minimum Gasteiger partial charge on any atom is -0.357 e. The molecule has 0 radical (unpaired) electrons. The number of anilines is 1. The first kappa shape index (κ1) is 23.2. The Morgan fingerprint density at radius 2 is 1.94 bits per heavy atom. The lowest BCUT2D eigenvalue weighted by Crippen LogP contribution is -2.30. The zero-order valence-electron chi connectivity index (χ0n) is 19.7. The monoisotopic (exact) mass is 424 g/mol. The summed E-state index contributed by atoms with van der Waals surface area (Å²) < 4.78 is 0. The molecule has 4 nitrogen and oxygen atoms in total. The lowest BCUT2D eigenvalue weighted by Gasteiger charge is -2.28. The summed E-state index contributed by atoms with van der Waals surface area (Å²) in [7, 11) is 0. The average Bonchev–Trinajstić information content (AvgIpc) is 2.79. The Morgan fingerprint density at radius 3 is 2.53 bits per heavy atom. The largest absolute Gasteiger partial charge is 0.357 e. The van der Waals surface area contributed by atoms with Crippen molar-refractivity contribution in [1.29, 1.82) is 5.26 Å². The van der Waals surface area contributed by atoms with Gasteiger partial charge in [0.2, 0.25) is 0 Å². The van der Waals surface area contributed by atoms with E-state index in [0.717, 1.165) is 76.3 Å². The van der Waals surface area contributed by atoms with Gasteiger partial charge in [0.1, 0.15) is 5.82 Å². The Labute approximate surface area is 192 Å². The van der Waals surface area contributed by atoms with Crippen molar-refractivity contribution in [3.05, 3.63) is 83.1 Å². The number of aryl methyl sites for hydroxylation is 1. The van der Waals surface area contributed by atoms with Crippen LogP contribution < -0.4 is 4.90 Å². The third-order valence-corrected chi connectivity index (χ3v) is 5.90. The minimum absolute atomic E-state index is 0.667. The maximum absolute atomic E-state index is 9.93. The van der Waals surface area contributed by atoms with Crippen molar-refractivity contribution in [2.24, 2.45) is 4.99 Å². The number of allylic oxidation sites excluding steroid dienone is 5. The van der Waals surface area contributed by atoms with E-state index in [1.807, 2.05) is 52.0 Å². The second-order valence-corrected chi connectivity index (χ2v) is 8.32. The van der Waals surface area contributed by atoms with Crippen molar-refractivity contribution in [2.45, 2.75) is 47.0 Å². The van der Waals surface area contributed by atoms with Crippen molar-refractivity contribution in [3.63, 3.8) is 0 Å². The van der Waals surface area contributed by atoms with Crippen LogP contribution >= 0.6 is 0 Å². The molecule has 1 saturated heterocycles. The van der Waals surface area contributed by atoms with E-state index in [-0.39, 0.29) is 0 Å². The molecule has 2 aromatic rings. The Bertz CT molecular complexity index is 1180. The molecule has 0 spiro atoms. The summed E-state index contributed by atoms with van der Waals surface area (Å²) in [5, 5.41) is 10.8. The predicted octanol–water partition coefficient (Wildman–Crippen LogP) is 6.81. The smallest absolute Gasteiger partial charge is 0.130 e. The molecule has 1 aromatic carbocycles. The fourth-order valence-corrected chi connectivity index (χ4v) is 4.24. The highest BCUT2D eigenvalue weighted by Gasteiger charge is 2.18. The van der Waals surface area contributed by atoms with E-state index >= 15 is 0 Å². The number of aromatic nitrogens is 1. The van der Waals surface area contributed by atoms with E-state index in [0.29, 0.717) is 5.56 Å². The van der Waals surface area contributed by atoms with Gasteiger partial charge in [0, 0.05) is 35.3 Å². The average molecular weight is 425 g/mol. The maximum Gasteiger partial charge on any atom is 0.130 e. The molecule has 1 aromatic heterocycles. The molecule has 0 aliphatic carbocycles. The fourth-order valence-electron chi connectivity index (χ4n) is 4.24. The van der Waals surface area contributed by atoms with E-state index in [1.54, 1.807) is 6.08 Å². The number of piperidine rings is 1. The van der Waals surface area contributed by atoms with Crippen LogP contribution in [0.1, 0.15) is 56.7 Å². The number of hydrogen-bond donors (Lipinski definition) is 0. The van der Waals surface area contributed by atoms with Crippen LogP contribution in [0.15, 0.2) is 71.4 Å². The van der Waals surface area contributed by atoms with Crippen molar-refractivity contribution in [1.82, 2.24) is 4.98 Å². The van der Waals surface area contributed by atoms with Gasteiger partial charge in [0.25, 0.3) is 0 Å². The van der Waals surface area contributed by atoms with E-state index in [2.05, 4.69) is 30.2 Å². The highest BCUT2D eigenvalue weighted by Crippen LogP contribution is 2.30. The quantitative estimate of drug-likeness (QED) is 0.378. The van der Waals surface area contributed by atoms with Gasteiger partial charge < -0.3 is 4.90 Å². The number of nitriles is 1. The molecule has 1 aliphatic rings. The van der Waals surface area contributed by atoms with Gasteiger partial charge in [-0.3, -0.25) is 4.99 Å². The normalized spacial score (nSPS) is 15.6. The number of pyridine rings is 1. The minimum atomic E-state index is 0.667. The van der Waals surface area contributed by atoms with E-state index < -0.39 is 0 Å².